The Balaban J connectivity index is 4.84. The second-order valence-corrected chi connectivity index (χ2v) is 5.55. The molecule has 0 saturated carbocycles. The molecule has 0 aliphatic carbocycles. The van der Waals surface area contributed by atoms with E-state index < -0.39 is 0 Å². The molecule has 0 bridgehead atoms. The van der Waals surface area contributed by atoms with Crippen LogP contribution < -0.4 is 0 Å². The van der Waals surface area contributed by atoms with Gasteiger partial charge in [0.1, 0.15) is 5.60 Å². The lowest BCUT2D eigenvalue weighted by Crippen LogP contribution is -2.42. The van der Waals surface area contributed by atoms with Gasteiger partial charge in [-0.05, 0) is 39.0 Å². The highest BCUT2D eigenvalue weighted by molar-refractivity contribution is 5.76. The maximum absolute atomic E-state index is 12.1. The summed E-state index contributed by atoms with van der Waals surface area (Å²) in [6, 6.07) is 0. The predicted octanol–water partition coefficient (Wildman–Crippen LogP) is 4.18. The number of rotatable bonds is 6. The van der Waals surface area contributed by atoms with Crippen LogP contribution in [0.5, 0.6) is 0 Å². The summed E-state index contributed by atoms with van der Waals surface area (Å²) in [7, 11) is 0. The number of carbonyl (C=O) groups is 1. The van der Waals surface area contributed by atoms with Crippen LogP contribution in [0.2, 0.25) is 0 Å². The number of hydrogen-bond donors (Lipinski definition) is 0. The van der Waals surface area contributed by atoms with Crippen LogP contribution in [-0.2, 0) is 9.53 Å². The molecule has 2 heteroatoms. The molecular weight excluding hydrogens is 200 g/mol. The zero-order valence-corrected chi connectivity index (χ0v) is 12.0. The zero-order chi connectivity index (χ0) is 13.0. The van der Waals surface area contributed by atoms with E-state index in [-0.39, 0.29) is 17.0 Å². The van der Waals surface area contributed by atoms with Crippen LogP contribution in [-0.4, -0.2) is 11.6 Å². The Bertz CT molecular complexity index is 225. The minimum absolute atomic E-state index is 0.0626. The molecule has 0 aliphatic heterocycles. The van der Waals surface area contributed by atoms with Gasteiger partial charge in [0.15, 0.2) is 0 Å². The normalized spacial score (nSPS) is 13.0. The Morgan fingerprint density at radius 3 is 1.75 bits per heavy atom. The van der Waals surface area contributed by atoms with Gasteiger partial charge in [0.2, 0.25) is 0 Å². The Hall–Kier alpha value is -0.530. The summed E-state index contributed by atoms with van der Waals surface area (Å²) in [5.74, 6) is 0.298. The quantitative estimate of drug-likeness (QED) is 0.637. The van der Waals surface area contributed by atoms with Crippen molar-refractivity contribution in [3.05, 3.63) is 0 Å². The largest absolute Gasteiger partial charge is 0.458 e. The molecule has 0 saturated heterocycles. The van der Waals surface area contributed by atoms with Gasteiger partial charge in [-0.2, -0.15) is 0 Å². The van der Waals surface area contributed by atoms with Gasteiger partial charge in [-0.1, -0.05) is 34.6 Å². The standard InChI is InChI=1S/C14H28O2/c1-8-13(6,7)12(15)16-14(9-2,10-3)11(4)5/h11H,8-10H2,1-7H3. The smallest absolute Gasteiger partial charge is 0.312 e. The van der Waals surface area contributed by atoms with Crippen LogP contribution in [0, 0.1) is 11.3 Å². The molecule has 0 aromatic rings. The minimum atomic E-state index is -0.371. The van der Waals surface area contributed by atoms with Gasteiger partial charge >= 0.3 is 5.97 Å². The second-order valence-electron chi connectivity index (χ2n) is 5.55. The first-order valence-corrected chi connectivity index (χ1v) is 6.49. The van der Waals surface area contributed by atoms with Crippen molar-refractivity contribution in [3.8, 4) is 0 Å². The molecule has 0 unspecified atom stereocenters. The molecule has 0 atom stereocenters. The first-order valence-electron chi connectivity index (χ1n) is 6.49. The molecule has 0 rings (SSSR count). The highest BCUT2D eigenvalue weighted by atomic mass is 16.6. The SMILES string of the molecule is CCC(C)(C)C(=O)OC(CC)(CC)C(C)C. The predicted molar refractivity (Wildman–Crippen MR) is 68.3 cm³/mol. The molecular formula is C14H28O2. The van der Waals surface area contributed by atoms with Crippen LogP contribution in [0.15, 0.2) is 0 Å². The molecule has 96 valence electrons. The monoisotopic (exact) mass is 228 g/mol. The van der Waals surface area contributed by atoms with E-state index in [2.05, 4.69) is 27.7 Å². The topological polar surface area (TPSA) is 26.3 Å². The number of carbonyl (C=O) groups excluding carboxylic acids is 1. The van der Waals surface area contributed by atoms with E-state index in [9.17, 15) is 4.79 Å². The fourth-order valence-corrected chi connectivity index (χ4v) is 1.80. The van der Waals surface area contributed by atoms with Crippen molar-refractivity contribution in [1.82, 2.24) is 0 Å². The molecule has 2 nitrogen and oxygen atoms in total. The Morgan fingerprint density at radius 1 is 1.06 bits per heavy atom. The molecule has 0 heterocycles. The van der Waals surface area contributed by atoms with Gasteiger partial charge in [-0.15, -0.1) is 0 Å². The van der Waals surface area contributed by atoms with E-state index in [1.807, 2.05) is 20.8 Å². The third kappa shape index (κ3) is 3.23. The Morgan fingerprint density at radius 2 is 1.50 bits per heavy atom. The lowest BCUT2D eigenvalue weighted by Gasteiger charge is -2.38. The van der Waals surface area contributed by atoms with E-state index in [1.165, 1.54) is 0 Å². The van der Waals surface area contributed by atoms with Gasteiger partial charge in [-0.3, -0.25) is 4.79 Å². The van der Waals surface area contributed by atoms with Gasteiger partial charge in [0.05, 0.1) is 5.41 Å². The van der Waals surface area contributed by atoms with Crippen molar-refractivity contribution in [2.24, 2.45) is 11.3 Å². The van der Waals surface area contributed by atoms with Gasteiger partial charge in [0, 0.05) is 0 Å². The van der Waals surface area contributed by atoms with Crippen molar-refractivity contribution >= 4 is 5.97 Å². The average Bonchev–Trinajstić information content (AvgIpc) is 2.25. The van der Waals surface area contributed by atoms with Crippen LogP contribution in [0.25, 0.3) is 0 Å². The fourth-order valence-electron chi connectivity index (χ4n) is 1.80. The number of hydrogen-bond acceptors (Lipinski definition) is 2. The number of esters is 1. The molecule has 0 amide bonds. The Kier molecular flexibility index (Phi) is 5.51. The lowest BCUT2D eigenvalue weighted by molar-refractivity contribution is -0.177. The van der Waals surface area contributed by atoms with Crippen LogP contribution in [0.1, 0.15) is 67.7 Å². The third-order valence-electron chi connectivity index (χ3n) is 3.98. The molecule has 0 aliphatic rings. The van der Waals surface area contributed by atoms with E-state index in [0.29, 0.717) is 5.92 Å². The first kappa shape index (κ1) is 15.5. The molecule has 0 N–H and O–H groups in total. The van der Waals surface area contributed by atoms with Crippen molar-refractivity contribution in [2.45, 2.75) is 73.3 Å². The van der Waals surface area contributed by atoms with Gasteiger partial charge in [0.25, 0.3) is 0 Å². The van der Waals surface area contributed by atoms with E-state index in [1.54, 1.807) is 0 Å². The lowest BCUT2D eigenvalue weighted by atomic mass is 9.83. The molecule has 0 radical (unpaired) electrons. The molecule has 0 aromatic heterocycles. The molecule has 0 spiro atoms. The highest BCUT2D eigenvalue weighted by Crippen LogP contribution is 2.33. The summed E-state index contributed by atoms with van der Waals surface area (Å²) in [6.07, 6.45) is 2.58. The van der Waals surface area contributed by atoms with Crippen LogP contribution >= 0.6 is 0 Å². The Labute approximate surface area is 101 Å². The third-order valence-corrected chi connectivity index (χ3v) is 3.98. The molecule has 0 fully saturated rings. The maximum atomic E-state index is 12.1. The summed E-state index contributed by atoms with van der Waals surface area (Å²) in [5, 5.41) is 0. The summed E-state index contributed by atoms with van der Waals surface area (Å²) < 4.78 is 5.81. The van der Waals surface area contributed by atoms with Crippen LogP contribution in [0.4, 0.5) is 0 Å². The van der Waals surface area contributed by atoms with E-state index >= 15 is 0 Å². The minimum Gasteiger partial charge on any atom is -0.458 e. The van der Waals surface area contributed by atoms with Gasteiger partial charge in [-0.25, -0.2) is 0 Å². The summed E-state index contributed by atoms with van der Waals surface area (Å²) in [6.45, 7) is 14.4. The molecule has 16 heavy (non-hydrogen) atoms. The highest BCUT2D eigenvalue weighted by Gasteiger charge is 2.38. The van der Waals surface area contributed by atoms with E-state index in [4.69, 9.17) is 4.74 Å². The zero-order valence-electron chi connectivity index (χ0n) is 12.0. The summed E-state index contributed by atoms with van der Waals surface area (Å²) in [4.78, 5) is 12.1. The van der Waals surface area contributed by atoms with Crippen molar-refractivity contribution < 1.29 is 9.53 Å². The first-order chi connectivity index (χ1) is 7.25. The fraction of sp³-hybridized carbons (Fsp3) is 0.929. The number of ether oxygens (including phenoxy) is 1. The second kappa shape index (κ2) is 5.70. The van der Waals surface area contributed by atoms with Gasteiger partial charge < -0.3 is 4.74 Å². The maximum Gasteiger partial charge on any atom is 0.312 e. The summed E-state index contributed by atoms with van der Waals surface area (Å²) in [5.41, 5.74) is -0.659. The van der Waals surface area contributed by atoms with E-state index in [0.717, 1.165) is 19.3 Å². The van der Waals surface area contributed by atoms with Crippen molar-refractivity contribution in [3.63, 3.8) is 0 Å². The summed E-state index contributed by atoms with van der Waals surface area (Å²) >= 11 is 0. The molecule has 0 aromatic carbocycles. The average molecular weight is 228 g/mol. The van der Waals surface area contributed by atoms with Crippen molar-refractivity contribution in [2.75, 3.05) is 0 Å². The van der Waals surface area contributed by atoms with Crippen molar-refractivity contribution in [1.29, 1.82) is 0 Å². The van der Waals surface area contributed by atoms with Crippen LogP contribution in [0.3, 0.4) is 0 Å².